The molecular formula is C16H16N6S. The van der Waals surface area contributed by atoms with Crippen molar-refractivity contribution in [2.24, 2.45) is 11.8 Å². The van der Waals surface area contributed by atoms with Gasteiger partial charge >= 0.3 is 0 Å². The molecule has 2 fully saturated rings. The van der Waals surface area contributed by atoms with Crippen LogP contribution in [-0.2, 0) is 0 Å². The highest BCUT2D eigenvalue weighted by molar-refractivity contribution is 7.22. The molecule has 23 heavy (non-hydrogen) atoms. The summed E-state index contributed by atoms with van der Waals surface area (Å²) in [6, 6.07) is 3.91. The fraction of sp³-hybridized carbons (Fsp3) is 0.375. The summed E-state index contributed by atoms with van der Waals surface area (Å²) in [5.41, 5.74) is 1.00. The molecule has 5 rings (SSSR count). The van der Waals surface area contributed by atoms with E-state index in [0.29, 0.717) is 11.8 Å². The molecule has 3 aromatic heterocycles. The molecule has 2 saturated heterocycles. The lowest BCUT2D eigenvalue weighted by Crippen LogP contribution is -2.29. The molecule has 2 unspecified atom stereocenters. The van der Waals surface area contributed by atoms with Crippen molar-refractivity contribution in [3.63, 3.8) is 0 Å². The first-order valence-electron chi connectivity index (χ1n) is 7.84. The summed E-state index contributed by atoms with van der Waals surface area (Å²) in [6.45, 7) is 4.22. The molecule has 6 nitrogen and oxygen atoms in total. The van der Waals surface area contributed by atoms with Gasteiger partial charge in [0.2, 0.25) is 5.95 Å². The van der Waals surface area contributed by atoms with Crippen LogP contribution in [0.5, 0.6) is 0 Å². The summed E-state index contributed by atoms with van der Waals surface area (Å²) in [7, 11) is 0. The first-order valence-corrected chi connectivity index (χ1v) is 8.66. The minimum absolute atomic E-state index is 0.670. The minimum atomic E-state index is 0.670. The number of hydrogen-bond donors (Lipinski definition) is 0. The fourth-order valence-corrected chi connectivity index (χ4v) is 4.62. The number of anilines is 2. The Bertz CT molecular complexity index is 788. The van der Waals surface area contributed by atoms with Gasteiger partial charge in [0.05, 0.1) is 10.9 Å². The summed E-state index contributed by atoms with van der Waals surface area (Å²) in [4.78, 5) is 22.4. The molecule has 2 atom stereocenters. The molecule has 2 aliphatic rings. The molecule has 7 heteroatoms. The van der Waals surface area contributed by atoms with Crippen LogP contribution in [-0.4, -0.2) is 46.1 Å². The molecule has 0 spiro atoms. The number of pyridine rings is 1. The zero-order valence-corrected chi connectivity index (χ0v) is 13.4. The van der Waals surface area contributed by atoms with Crippen molar-refractivity contribution in [3.05, 3.63) is 36.9 Å². The predicted molar refractivity (Wildman–Crippen MR) is 90.9 cm³/mol. The summed E-state index contributed by atoms with van der Waals surface area (Å²) < 4.78 is 1.21. The van der Waals surface area contributed by atoms with Crippen molar-refractivity contribution >= 4 is 32.6 Å². The Kier molecular flexibility index (Phi) is 2.94. The van der Waals surface area contributed by atoms with Crippen LogP contribution in [0.1, 0.15) is 0 Å². The van der Waals surface area contributed by atoms with Gasteiger partial charge in [0.25, 0.3) is 0 Å². The molecule has 0 saturated carbocycles. The molecular weight excluding hydrogens is 308 g/mol. The number of rotatable bonds is 2. The maximum atomic E-state index is 4.74. The Morgan fingerprint density at radius 1 is 0.957 bits per heavy atom. The Morgan fingerprint density at radius 2 is 1.70 bits per heavy atom. The topological polar surface area (TPSA) is 58.0 Å². The van der Waals surface area contributed by atoms with Crippen LogP contribution in [0.3, 0.4) is 0 Å². The predicted octanol–water partition coefficient (Wildman–Crippen LogP) is 2.05. The third-order valence-electron chi connectivity index (χ3n) is 4.77. The SMILES string of the molecule is c1cnc(N2CC3CN(c4nc5cnccc5s4)CC3C2)nc1. The van der Waals surface area contributed by atoms with Crippen LogP contribution in [0.15, 0.2) is 36.9 Å². The van der Waals surface area contributed by atoms with Gasteiger partial charge in [0, 0.05) is 56.6 Å². The van der Waals surface area contributed by atoms with Crippen molar-refractivity contribution in [2.45, 2.75) is 0 Å². The van der Waals surface area contributed by atoms with Crippen LogP contribution >= 0.6 is 11.3 Å². The van der Waals surface area contributed by atoms with E-state index in [1.165, 1.54) is 4.70 Å². The maximum absolute atomic E-state index is 4.74. The van der Waals surface area contributed by atoms with Crippen LogP contribution in [0.25, 0.3) is 10.2 Å². The molecule has 0 bridgehead atoms. The van der Waals surface area contributed by atoms with Crippen LogP contribution < -0.4 is 9.80 Å². The van der Waals surface area contributed by atoms with Crippen molar-refractivity contribution in [3.8, 4) is 0 Å². The second-order valence-corrected chi connectivity index (χ2v) is 7.23. The van der Waals surface area contributed by atoms with E-state index in [0.717, 1.165) is 42.8 Å². The Morgan fingerprint density at radius 3 is 2.43 bits per heavy atom. The second-order valence-electron chi connectivity index (χ2n) is 6.22. The van der Waals surface area contributed by atoms with Crippen LogP contribution in [0.2, 0.25) is 0 Å². The van der Waals surface area contributed by atoms with E-state index >= 15 is 0 Å². The van der Waals surface area contributed by atoms with E-state index in [4.69, 9.17) is 4.98 Å². The first-order chi connectivity index (χ1) is 11.4. The molecule has 2 aliphatic heterocycles. The molecule has 0 aromatic carbocycles. The average Bonchev–Trinajstić information content (AvgIpc) is 3.27. The van der Waals surface area contributed by atoms with Crippen molar-refractivity contribution in [2.75, 3.05) is 36.0 Å². The van der Waals surface area contributed by atoms with Crippen molar-refractivity contribution in [1.82, 2.24) is 19.9 Å². The minimum Gasteiger partial charge on any atom is -0.347 e. The third-order valence-corrected chi connectivity index (χ3v) is 5.87. The molecule has 0 aliphatic carbocycles. The van der Waals surface area contributed by atoms with Crippen LogP contribution in [0, 0.1) is 11.8 Å². The highest BCUT2D eigenvalue weighted by Gasteiger charge is 2.41. The summed E-state index contributed by atoms with van der Waals surface area (Å²) in [5.74, 6) is 2.20. The fourth-order valence-electron chi connectivity index (χ4n) is 3.67. The number of hydrogen-bond acceptors (Lipinski definition) is 7. The normalized spacial score (nSPS) is 23.7. The Labute approximate surface area is 137 Å². The van der Waals surface area contributed by atoms with E-state index in [-0.39, 0.29) is 0 Å². The lowest BCUT2D eigenvalue weighted by molar-refractivity contribution is 0.533. The number of thiazole rings is 1. The Hall–Kier alpha value is -2.28. The molecule has 0 N–H and O–H groups in total. The van der Waals surface area contributed by atoms with E-state index in [2.05, 4.69) is 24.8 Å². The molecule has 0 radical (unpaired) electrons. The average molecular weight is 324 g/mol. The largest absolute Gasteiger partial charge is 0.347 e. The molecule has 5 heterocycles. The maximum Gasteiger partial charge on any atom is 0.225 e. The van der Waals surface area contributed by atoms with Crippen LogP contribution in [0.4, 0.5) is 11.1 Å². The van der Waals surface area contributed by atoms with Gasteiger partial charge < -0.3 is 9.80 Å². The van der Waals surface area contributed by atoms with Crippen molar-refractivity contribution < 1.29 is 0 Å². The van der Waals surface area contributed by atoms with E-state index in [9.17, 15) is 0 Å². The number of aromatic nitrogens is 4. The monoisotopic (exact) mass is 324 g/mol. The van der Waals surface area contributed by atoms with Gasteiger partial charge in [-0.05, 0) is 12.1 Å². The molecule has 0 amide bonds. The molecule has 3 aromatic rings. The van der Waals surface area contributed by atoms with Gasteiger partial charge in [-0.25, -0.2) is 15.0 Å². The number of nitrogens with zero attached hydrogens (tertiary/aromatic N) is 6. The highest BCUT2D eigenvalue weighted by atomic mass is 32.1. The van der Waals surface area contributed by atoms with Gasteiger partial charge in [0.1, 0.15) is 5.52 Å². The summed E-state index contributed by atoms with van der Waals surface area (Å²) in [5, 5.41) is 1.13. The smallest absolute Gasteiger partial charge is 0.225 e. The zero-order chi connectivity index (χ0) is 15.2. The molecule has 116 valence electrons. The Balaban J connectivity index is 1.33. The lowest BCUT2D eigenvalue weighted by atomic mass is 10.0. The summed E-state index contributed by atoms with van der Waals surface area (Å²) in [6.07, 6.45) is 7.32. The van der Waals surface area contributed by atoms with Gasteiger partial charge in [0.15, 0.2) is 5.13 Å². The summed E-state index contributed by atoms with van der Waals surface area (Å²) >= 11 is 1.77. The first kappa shape index (κ1) is 13.2. The van der Waals surface area contributed by atoms with Crippen molar-refractivity contribution in [1.29, 1.82) is 0 Å². The van der Waals surface area contributed by atoms with E-state index in [1.54, 1.807) is 11.3 Å². The van der Waals surface area contributed by atoms with Gasteiger partial charge in [-0.1, -0.05) is 11.3 Å². The van der Waals surface area contributed by atoms with Gasteiger partial charge in [-0.15, -0.1) is 0 Å². The number of fused-ring (bicyclic) bond motifs is 2. The van der Waals surface area contributed by atoms with E-state index < -0.39 is 0 Å². The zero-order valence-electron chi connectivity index (χ0n) is 12.5. The second kappa shape index (κ2) is 5.13. The van der Waals surface area contributed by atoms with Gasteiger partial charge in [-0.2, -0.15) is 0 Å². The van der Waals surface area contributed by atoms with E-state index in [1.807, 2.05) is 36.9 Å². The standard InChI is InChI=1S/C16H16N6S/c1-3-18-15(19-4-1)21-7-11-9-22(10-12(11)8-21)16-20-13-6-17-5-2-14(13)23-16/h1-6,11-12H,7-10H2. The third kappa shape index (κ3) is 2.23. The lowest BCUT2D eigenvalue weighted by Gasteiger charge is -2.20. The van der Waals surface area contributed by atoms with Gasteiger partial charge in [-0.3, -0.25) is 4.98 Å². The quantitative estimate of drug-likeness (QED) is 0.719. The highest BCUT2D eigenvalue weighted by Crippen LogP contribution is 2.37.